The number of fused-ring (bicyclic) bond motifs is 1. The van der Waals surface area contributed by atoms with Gasteiger partial charge in [-0.2, -0.15) is 0 Å². The Hall–Kier alpha value is -2.17. The molecule has 1 fully saturated rings. The largest absolute Gasteiger partial charge is 0.388 e. The van der Waals surface area contributed by atoms with Crippen LogP contribution >= 0.6 is 0 Å². The first kappa shape index (κ1) is 22.0. The van der Waals surface area contributed by atoms with Gasteiger partial charge in [0, 0.05) is 24.7 Å². The van der Waals surface area contributed by atoms with Gasteiger partial charge in [-0.3, -0.25) is 0 Å². The van der Waals surface area contributed by atoms with Gasteiger partial charge in [0.1, 0.15) is 0 Å². The summed E-state index contributed by atoms with van der Waals surface area (Å²) in [6.45, 7) is 4.56. The Balaban J connectivity index is 1.71. The smallest absolute Gasteiger partial charge is 0.192 e. The van der Waals surface area contributed by atoms with E-state index >= 15 is 0 Å². The highest BCUT2D eigenvalue weighted by Crippen LogP contribution is 2.60. The minimum absolute atomic E-state index is 0.0565. The second-order valence-corrected chi connectivity index (χ2v) is 9.20. The lowest BCUT2D eigenvalue weighted by atomic mass is 9.66. The fourth-order valence-corrected chi connectivity index (χ4v) is 5.75. The van der Waals surface area contributed by atoms with Gasteiger partial charge in [-0.15, -0.1) is 0 Å². The molecule has 1 spiro atoms. The van der Waals surface area contributed by atoms with Crippen LogP contribution in [0.25, 0.3) is 0 Å². The molecule has 1 saturated carbocycles. The summed E-state index contributed by atoms with van der Waals surface area (Å²) in [7, 11) is 1.82. The van der Waals surface area contributed by atoms with Crippen molar-refractivity contribution in [2.75, 3.05) is 13.7 Å². The van der Waals surface area contributed by atoms with Crippen LogP contribution in [0, 0.1) is 5.41 Å². The molecule has 2 aromatic carbocycles. The van der Waals surface area contributed by atoms with Crippen LogP contribution in [-0.4, -0.2) is 25.7 Å². The minimum Gasteiger partial charge on any atom is -0.388 e. The summed E-state index contributed by atoms with van der Waals surface area (Å²) >= 11 is 0. The Morgan fingerprint density at radius 1 is 1.06 bits per heavy atom. The van der Waals surface area contributed by atoms with Gasteiger partial charge < -0.3 is 15.2 Å². The van der Waals surface area contributed by atoms with Crippen LogP contribution in [0.15, 0.2) is 53.5 Å². The SMILES string of the molecule is CCOC1(N=C(C)N)c2cc(CCc3ccccc3)ccc2CC12CCC(OC)CC2. The van der Waals surface area contributed by atoms with E-state index in [-0.39, 0.29) is 5.41 Å². The molecule has 0 aromatic heterocycles. The lowest BCUT2D eigenvalue weighted by Gasteiger charge is -2.47. The van der Waals surface area contributed by atoms with Crippen molar-refractivity contribution in [2.45, 2.75) is 70.6 Å². The van der Waals surface area contributed by atoms with Gasteiger partial charge in [0.2, 0.25) is 0 Å². The third-order valence-corrected chi connectivity index (χ3v) is 7.24. The molecule has 0 heterocycles. The zero-order valence-corrected chi connectivity index (χ0v) is 19.2. The van der Waals surface area contributed by atoms with E-state index in [1.807, 2.05) is 14.0 Å². The van der Waals surface area contributed by atoms with E-state index in [1.54, 1.807) is 0 Å². The van der Waals surface area contributed by atoms with Crippen LogP contribution in [0.3, 0.4) is 0 Å². The van der Waals surface area contributed by atoms with Gasteiger partial charge in [-0.25, -0.2) is 4.99 Å². The van der Waals surface area contributed by atoms with E-state index in [1.165, 1.54) is 22.3 Å². The Kier molecular flexibility index (Phi) is 6.49. The predicted molar refractivity (Wildman–Crippen MR) is 126 cm³/mol. The second-order valence-electron chi connectivity index (χ2n) is 9.20. The first-order chi connectivity index (χ1) is 15.0. The zero-order chi connectivity index (χ0) is 21.9. The molecule has 0 aliphatic heterocycles. The van der Waals surface area contributed by atoms with Crippen LogP contribution in [0.2, 0.25) is 0 Å². The molecule has 4 rings (SSSR count). The Bertz CT molecular complexity index is 912. The highest BCUT2D eigenvalue weighted by atomic mass is 16.5. The summed E-state index contributed by atoms with van der Waals surface area (Å²) in [6.07, 6.45) is 7.52. The summed E-state index contributed by atoms with van der Waals surface area (Å²) in [5, 5.41) is 0. The van der Waals surface area contributed by atoms with Crippen molar-refractivity contribution in [1.29, 1.82) is 0 Å². The molecule has 4 heteroatoms. The van der Waals surface area contributed by atoms with Crippen molar-refractivity contribution in [2.24, 2.45) is 16.1 Å². The number of amidine groups is 1. The molecule has 0 bridgehead atoms. The molecule has 2 aromatic rings. The predicted octanol–water partition coefficient (Wildman–Crippen LogP) is 5.17. The Morgan fingerprint density at radius 2 is 1.77 bits per heavy atom. The molecule has 0 amide bonds. The zero-order valence-electron chi connectivity index (χ0n) is 19.2. The molecule has 2 aliphatic rings. The van der Waals surface area contributed by atoms with Crippen LogP contribution in [0.5, 0.6) is 0 Å². The maximum absolute atomic E-state index is 6.60. The normalized spacial score (nSPS) is 28.1. The van der Waals surface area contributed by atoms with E-state index < -0.39 is 5.72 Å². The number of aryl methyl sites for hydroxylation is 2. The number of rotatable bonds is 7. The fraction of sp³-hybridized carbons (Fsp3) is 0.519. The average Bonchev–Trinajstić information content (AvgIpc) is 3.02. The summed E-state index contributed by atoms with van der Waals surface area (Å²) in [6, 6.07) is 17.6. The molecule has 0 saturated heterocycles. The van der Waals surface area contributed by atoms with Crippen molar-refractivity contribution in [3.63, 3.8) is 0 Å². The highest BCUT2D eigenvalue weighted by molar-refractivity contribution is 5.78. The standard InChI is InChI=1S/C27H36N2O2/c1-4-31-27(29-20(2)28)25-18-22(11-10-21-8-6-5-7-9-21)12-13-23(25)19-26(27)16-14-24(30-3)15-17-26/h5-9,12-13,18,24H,4,10-11,14-17,19H2,1-3H3,(H2,28,29). The Labute approximate surface area is 186 Å². The number of benzene rings is 2. The van der Waals surface area contributed by atoms with Gasteiger partial charge in [0.05, 0.1) is 11.9 Å². The fourth-order valence-electron chi connectivity index (χ4n) is 5.75. The first-order valence-corrected chi connectivity index (χ1v) is 11.7. The maximum atomic E-state index is 6.60. The van der Waals surface area contributed by atoms with Gasteiger partial charge in [0.25, 0.3) is 0 Å². The number of hydrogen-bond donors (Lipinski definition) is 1. The summed E-state index contributed by atoms with van der Waals surface area (Å²) in [4.78, 5) is 5.06. The highest BCUT2D eigenvalue weighted by Gasteiger charge is 2.60. The van der Waals surface area contributed by atoms with Crippen LogP contribution in [0.4, 0.5) is 0 Å². The van der Waals surface area contributed by atoms with Crippen LogP contribution in [0.1, 0.15) is 61.8 Å². The van der Waals surface area contributed by atoms with Crippen molar-refractivity contribution < 1.29 is 9.47 Å². The second kappa shape index (κ2) is 9.13. The third-order valence-electron chi connectivity index (χ3n) is 7.24. The topological polar surface area (TPSA) is 56.8 Å². The Morgan fingerprint density at radius 3 is 2.42 bits per heavy atom. The number of ether oxygens (including phenoxy) is 2. The quantitative estimate of drug-likeness (QED) is 0.497. The van der Waals surface area contributed by atoms with Crippen molar-refractivity contribution in [1.82, 2.24) is 0 Å². The summed E-state index contributed by atoms with van der Waals surface area (Å²) in [5.74, 6) is 0.587. The van der Waals surface area contributed by atoms with E-state index in [0.717, 1.165) is 44.9 Å². The van der Waals surface area contributed by atoms with Crippen molar-refractivity contribution in [3.05, 3.63) is 70.8 Å². The van der Waals surface area contributed by atoms with Gasteiger partial charge in [-0.05, 0) is 75.5 Å². The molecule has 0 radical (unpaired) electrons. The van der Waals surface area contributed by atoms with E-state index in [2.05, 4.69) is 55.5 Å². The lowest BCUT2D eigenvalue weighted by molar-refractivity contribution is -0.148. The molecule has 166 valence electrons. The minimum atomic E-state index is -0.697. The molecule has 4 nitrogen and oxygen atoms in total. The molecule has 2 N–H and O–H groups in total. The number of hydrogen-bond acceptors (Lipinski definition) is 3. The first-order valence-electron chi connectivity index (χ1n) is 11.7. The number of nitrogens with two attached hydrogens (primary N) is 1. The number of methoxy groups -OCH3 is 1. The number of nitrogens with zero attached hydrogens (tertiary/aromatic N) is 1. The summed E-state index contributed by atoms with van der Waals surface area (Å²) in [5.41, 5.74) is 10.7. The van der Waals surface area contributed by atoms with Gasteiger partial charge in [0.15, 0.2) is 5.72 Å². The van der Waals surface area contributed by atoms with Gasteiger partial charge in [-0.1, -0.05) is 48.5 Å². The molecule has 31 heavy (non-hydrogen) atoms. The van der Waals surface area contributed by atoms with Crippen molar-refractivity contribution >= 4 is 5.84 Å². The number of aliphatic imine (C=N–C) groups is 1. The van der Waals surface area contributed by atoms with E-state index in [9.17, 15) is 0 Å². The lowest BCUT2D eigenvalue weighted by Crippen LogP contribution is -2.47. The van der Waals surface area contributed by atoms with Crippen molar-refractivity contribution in [3.8, 4) is 0 Å². The maximum Gasteiger partial charge on any atom is 0.192 e. The monoisotopic (exact) mass is 420 g/mol. The third kappa shape index (κ3) is 4.16. The van der Waals surface area contributed by atoms with Crippen LogP contribution in [-0.2, 0) is 34.5 Å². The van der Waals surface area contributed by atoms with Gasteiger partial charge >= 0.3 is 0 Å². The average molecular weight is 421 g/mol. The molecular weight excluding hydrogens is 384 g/mol. The van der Waals surface area contributed by atoms with E-state index in [0.29, 0.717) is 18.5 Å². The molecular formula is C27H36N2O2. The molecule has 1 atom stereocenters. The molecule has 1 unspecified atom stereocenters. The van der Waals surface area contributed by atoms with E-state index in [4.69, 9.17) is 20.2 Å². The molecule has 2 aliphatic carbocycles. The van der Waals surface area contributed by atoms with Crippen LogP contribution < -0.4 is 5.73 Å². The summed E-state index contributed by atoms with van der Waals surface area (Å²) < 4.78 is 12.3.